The highest BCUT2D eigenvalue weighted by Crippen LogP contribution is 2.39. The highest BCUT2D eigenvalue weighted by Gasteiger charge is 2.28. The molecule has 0 saturated heterocycles. The van der Waals surface area contributed by atoms with Crippen LogP contribution in [0.25, 0.3) is 0 Å². The van der Waals surface area contributed by atoms with Crippen LogP contribution >= 0.6 is 11.3 Å². The number of carbonyl (C=O) groups is 2. The average Bonchev–Trinajstić information content (AvgIpc) is 3.24. The summed E-state index contributed by atoms with van der Waals surface area (Å²) < 4.78 is 7.09. The van der Waals surface area contributed by atoms with E-state index in [4.69, 9.17) is 4.74 Å². The van der Waals surface area contributed by atoms with Gasteiger partial charge in [-0.1, -0.05) is 13.8 Å². The van der Waals surface area contributed by atoms with Gasteiger partial charge in [0.25, 0.3) is 5.91 Å². The number of nitrogens with one attached hydrogen (secondary N) is 1. The van der Waals surface area contributed by atoms with Crippen molar-refractivity contribution in [1.82, 2.24) is 0 Å². The molecule has 0 fully saturated rings. The average molecular weight is 402 g/mol. The number of pyridine rings is 1. The molecule has 150 valence electrons. The third-order valence-corrected chi connectivity index (χ3v) is 6.56. The number of thiophene rings is 1. The summed E-state index contributed by atoms with van der Waals surface area (Å²) in [5, 5.41) is 3.57. The molecule has 0 aliphatic heterocycles. The zero-order chi connectivity index (χ0) is 20.1. The summed E-state index contributed by atoms with van der Waals surface area (Å²) in [5.41, 5.74) is 2.92. The van der Waals surface area contributed by atoms with E-state index in [0.29, 0.717) is 23.1 Å². The van der Waals surface area contributed by atoms with E-state index in [1.807, 2.05) is 17.0 Å². The van der Waals surface area contributed by atoms with E-state index in [2.05, 4.69) is 31.3 Å². The van der Waals surface area contributed by atoms with Crippen molar-refractivity contribution in [2.24, 2.45) is 0 Å². The molecule has 0 aromatic carbocycles. The van der Waals surface area contributed by atoms with Crippen molar-refractivity contribution in [2.45, 2.75) is 65.3 Å². The minimum atomic E-state index is -0.334. The maximum atomic E-state index is 12.6. The second-order valence-corrected chi connectivity index (χ2v) is 8.25. The Kier molecular flexibility index (Phi) is 6.83. The predicted octanol–water partition coefficient (Wildman–Crippen LogP) is 4.24. The molecule has 0 bridgehead atoms. The number of aryl methyl sites for hydroxylation is 1. The topological polar surface area (TPSA) is 59.3 Å². The Labute approximate surface area is 170 Å². The monoisotopic (exact) mass is 401 g/mol. The van der Waals surface area contributed by atoms with Crippen molar-refractivity contribution >= 4 is 28.2 Å². The Morgan fingerprint density at radius 1 is 1.18 bits per heavy atom. The number of carbonyl (C=O) groups excluding carboxylic acids is 2. The van der Waals surface area contributed by atoms with Crippen LogP contribution in [0.3, 0.4) is 0 Å². The summed E-state index contributed by atoms with van der Waals surface area (Å²) in [6.07, 6.45) is 9.03. The number of aromatic nitrogens is 1. The Morgan fingerprint density at radius 2 is 1.89 bits per heavy atom. The molecule has 6 heteroatoms. The zero-order valence-electron chi connectivity index (χ0n) is 16.9. The second-order valence-electron chi connectivity index (χ2n) is 7.15. The van der Waals surface area contributed by atoms with Gasteiger partial charge in [-0.2, -0.15) is 4.57 Å². The van der Waals surface area contributed by atoms with E-state index in [1.54, 1.807) is 6.92 Å². The molecule has 0 atom stereocenters. The van der Waals surface area contributed by atoms with Gasteiger partial charge in [0, 0.05) is 17.0 Å². The van der Waals surface area contributed by atoms with Crippen LogP contribution in [0, 0.1) is 0 Å². The van der Waals surface area contributed by atoms with Crippen LogP contribution in [0.15, 0.2) is 24.5 Å². The number of esters is 1. The number of amides is 1. The molecule has 1 aliphatic rings. The van der Waals surface area contributed by atoms with Gasteiger partial charge in [-0.15, -0.1) is 11.3 Å². The van der Waals surface area contributed by atoms with Crippen molar-refractivity contribution in [2.75, 3.05) is 11.9 Å². The fourth-order valence-corrected chi connectivity index (χ4v) is 5.14. The van der Waals surface area contributed by atoms with E-state index in [0.717, 1.165) is 37.7 Å². The lowest BCUT2D eigenvalue weighted by molar-refractivity contribution is -0.684. The molecule has 0 unspecified atom stereocenters. The molecule has 0 saturated carbocycles. The summed E-state index contributed by atoms with van der Waals surface area (Å²) in [6.45, 7) is 6.73. The van der Waals surface area contributed by atoms with Crippen LogP contribution in [0.5, 0.6) is 0 Å². The number of fused-ring (bicyclic) bond motifs is 1. The van der Waals surface area contributed by atoms with Crippen LogP contribution < -0.4 is 9.88 Å². The Hall–Kier alpha value is -2.21. The van der Waals surface area contributed by atoms with Gasteiger partial charge in [0.05, 0.1) is 12.2 Å². The smallest absolute Gasteiger partial charge is 0.341 e. The summed E-state index contributed by atoms with van der Waals surface area (Å²) in [6, 6.07) is 4.18. The molecule has 1 amide bonds. The first kappa shape index (κ1) is 20.5. The van der Waals surface area contributed by atoms with E-state index in [-0.39, 0.29) is 18.4 Å². The fourth-order valence-electron chi connectivity index (χ4n) is 3.85. The third kappa shape index (κ3) is 4.43. The Morgan fingerprint density at radius 3 is 2.54 bits per heavy atom. The maximum Gasteiger partial charge on any atom is 0.341 e. The molecule has 0 spiro atoms. The van der Waals surface area contributed by atoms with Crippen LogP contribution in [0.2, 0.25) is 0 Å². The molecule has 2 aromatic rings. The van der Waals surface area contributed by atoms with Crippen molar-refractivity contribution in [1.29, 1.82) is 0 Å². The van der Waals surface area contributed by atoms with E-state index >= 15 is 0 Å². The molecular formula is C22H29N2O3S+. The predicted molar refractivity (Wildman–Crippen MR) is 111 cm³/mol. The first-order chi connectivity index (χ1) is 13.6. The number of hydrogen-bond donors (Lipinski definition) is 1. The van der Waals surface area contributed by atoms with Gasteiger partial charge in [-0.25, -0.2) is 4.79 Å². The standard InChI is InChI=1S/C22H28N2O3S/c1-4-15(5-2)16-10-12-24(13-11-16)14-19(25)23-21-20(22(26)27-6-3)17-8-7-9-18(17)28-21/h10-13,15H,4-9,14H2,1-3H3/p+1. The molecule has 5 nitrogen and oxygen atoms in total. The van der Waals surface area contributed by atoms with Gasteiger partial charge < -0.3 is 10.1 Å². The van der Waals surface area contributed by atoms with Crippen molar-refractivity contribution in [3.05, 3.63) is 46.1 Å². The number of nitrogens with zero attached hydrogens (tertiary/aromatic N) is 1. The van der Waals surface area contributed by atoms with Crippen LogP contribution in [0.1, 0.15) is 72.3 Å². The van der Waals surface area contributed by atoms with Crippen molar-refractivity contribution in [3.8, 4) is 0 Å². The van der Waals surface area contributed by atoms with E-state index in [1.165, 1.54) is 21.8 Å². The molecular weight excluding hydrogens is 372 g/mol. The van der Waals surface area contributed by atoms with Gasteiger partial charge in [0.1, 0.15) is 5.00 Å². The first-order valence-corrected chi connectivity index (χ1v) is 11.0. The number of rotatable bonds is 8. The SMILES string of the molecule is CCOC(=O)c1c(NC(=O)C[n+]2ccc(C(CC)CC)cc2)sc2c1CCC2. The normalized spacial score (nSPS) is 12.9. The molecule has 2 aromatic heterocycles. The van der Waals surface area contributed by atoms with Gasteiger partial charge in [0.15, 0.2) is 12.4 Å². The number of ether oxygens (including phenoxy) is 1. The molecule has 1 N–H and O–H groups in total. The van der Waals surface area contributed by atoms with Crippen LogP contribution in [-0.2, 0) is 28.9 Å². The largest absolute Gasteiger partial charge is 0.462 e. The molecule has 28 heavy (non-hydrogen) atoms. The summed E-state index contributed by atoms with van der Waals surface area (Å²) in [5.74, 6) is 0.0919. The van der Waals surface area contributed by atoms with Crippen LogP contribution in [0.4, 0.5) is 5.00 Å². The van der Waals surface area contributed by atoms with Gasteiger partial charge in [-0.05, 0) is 56.1 Å². The minimum absolute atomic E-state index is 0.134. The lowest BCUT2D eigenvalue weighted by atomic mass is 9.95. The van der Waals surface area contributed by atoms with E-state index in [9.17, 15) is 9.59 Å². The first-order valence-electron chi connectivity index (χ1n) is 10.2. The molecule has 3 rings (SSSR count). The molecule has 0 radical (unpaired) electrons. The quantitative estimate of drug-likeness (QED) is 0.532. The van der Waals surface area contributed by atoms with Crippen LogP contribution in [-0.4, -0.2) is 18.5 Å². The van der Waals surface area contributed by atoms with Crippen molar-refractivity contribution < 1.29 is 18.9 Å². The molecule has 1 aliphatic carbocycles. The van der Waals surface area contributed by atoms with Gasteiger partial charge >= 0.3 is 5.97 Å². The summed E-state index contributed by atoms with van der Waals surface area (Å²) >= 11 is 1.51. The highest BCUT2D eigenvalue weighted by atomic mass is 32.1. The maximum absolute atomic E-state index is 12.6. The number of hydrogen-bond acceptors (Lipinski definition) is 4. The lowest BCUT2D eigenvalue weighted by Gasteiger charge is -2.11. The Balaban J connectivity index is 1.71. The van der Waals surface area contributed by atoms with Crippen molar-refractivity contribution in [3.63, 3.8) is 0 Å². The number of anilines is 1. The summed E-state index contributed by atoms with van der Waals surface area (Å²) in [7, 11) is 0. The zero-order valence-corrected chi connectivity index (χ0v) is 17.7. The minimum Gasteiger partial charge on any atom is -0.462 e. The third-order valence-electron chi connectivity index (χ3n) is 5.35. The fraction of sp³-hybridized carbons (Fsp3) is 0.500. The van der Waals surface area contributed by atoms with Gasteiger partial charge in [-0.3, -0.25) is 4.79 Å². The molecule has 2 heterocycles. The van der Waals surface area contributed by atoms with E-state index < -0.39 is 0 Å². The highest BCUT2D eigenvalue weighted by molar-refractivity contribution is 7.17. The Bertz CT molecular complexity index is 838. The second kappa shape index (κ2) is 9.32. The summed E-state index contributed by atoms with van der Waals surface area (Å²) in [4.78, 5) is 26.2. The van der Waals surface area contributed by atoms with Gasteiger partial charge in [0.2, 0.25) is 6.54 Å². The lowest BCUT2D eigenvalue weighted by Crippen LogP contribution is -2.39.